The smallest absolute Gasteiger partial charge is 0.262 e. The van der Waals surface area contributed by atoms with Crippen molar-refractivity contribution in [2.45, 2.75) is 33.2 Å². The molecule has 4 nitrogen and oxygen atoms in total. The lowest BCUT2D eigenvalue weighted by molar-refractivity contribution is -0.117. The lowest BCUT2D eigenvalue weighted by Gasteiger charge is -2.11. The van der Waals surface area contributed by atoms with E-state index in [1.807, 2.05) is 24.4 Å². The molecule has 5 heteroatoms. The zero-order chi connectivity index (χ0) is 19.0. The summed E-state index contributed by atoms with van der Waals surface area (Å²) in [6, 6.07) is 14.4. The second-order valence-corrected chi connectivity index (χ2v) is 7.54. The first kappa shape index (κ1) is 17.6. The van der Waals surface area contributed by atoms with Gasteiger partial charge in [-0.1, -0.05) is 43.3 Å². The number of thiophene rings is 1. The number of hydrogen-bond donors (Lipinski definition) is 0. The zero-order valence-corrected chi connectivity index (χ0v) is 16.2. The number of ketones is 1. The number of carbonyl (C=O) groups excluding carboxylic acids is 1. The Morgan fingerprint density at radius 1 is 1.15 bits per heavy atom. The van der Waals surface area contributed by atoms with Crippen LogP contribution in [0.2, 0.25) is 0 Å². The first-order valence-electron chi connectivity index (χ1n) is 9.08. The molecule has 0 saturated carbocycles. The van der Waals surface area contributed by atoms with Crippen LogP contribution >= 0.6 is 11.3 Å². The van der Waals surface area contributed by atoms with Crippen LogP contribution in [0.25, 0.3) is 32.1 Å². The molecule has 0 aliphatic rings. The van der Waals surface area contributed by atoms with E-state index in [1.54, 1.807) is 11.5 Å². The molecule has 0 unspecified atom stereocenters. The predicted molar refractivity (Wildman–Crippen MR) is 111 cm³/mol. The average Bonchev–Trinajstić information content (AvgIpc) is 3.10. The van der Waals surface area contributed by atoms with Crippen molar-refractivity contribution in [3.63, 3.8) is 0 Å². The number of hydrogen-bond acceptors (Lipinski definition) is 4. The summed E-state index contributed by atoms with van der Waals surface area (Å²) in [6.07, 6.45) is 1.00. The highest BCUT2D eigenvalue weighted by atomic mass is 32.1. The Morgan fingerprint density at radius 2 is 1.93 bits per heavy atom. The second kappa shape index (κ2) is 7.08. The predicted octanol–water partition coefficient (Wildman–Crippen LogP) is 4.82. The van der Waals surface area contributed by atoms with Crippen molar-refractivity contribution in [2.75, 3.05) is 0 Å². The van der Waals surface area contributed by atoms with E-state index in [4.69, 9.17) is 4.98 Å². The van der Waals surface area contributed by atoms with Crippen LogP contribution in [-0.2, 0) is 17.8 Å². The number of benzene rings is 2. The van der Waals surface area contributed by atoms with Gasteiger partial charge in [-0.25, -0.2) is 4.98 Å². The summed E-state index contributed by atoms with van der Waals surface area (Å²) >= 11 is 1.50. The minimum absolute atomic E-state index is 0.0532. The fraction of sp³-hybridized carbons (Fsp3) is 0.227. The maximum atomic E-state index is 13.3. The molecule has 27 heavy (non-hydrogen) atoms. The van der Waals surface area contributed by atoms with Gasteiger partial charge in [-0.05, 0) is 29.3 Å². The molecule has 2 heterocycles. The largest absolute Gasteiger partial charge is 0.300 e. The van der Waals surface area contributed by atoms with Crippen molar-refractivity contribution in [2.24, 2.45) is 0 Å². The molecule has 0 N–H and O–H groups in total. The zero-order valence-electron chi connectivity index (χ0n) is 15.4. The van der Waals surface area contributed by atoms with Gasteiger partial charge in [0, 0.05) is 30.3 Å². The van der Waals surface area contributed by atoms with E-state index in [-0.39, 0.29) is 11.3 Å². The highest BCUT2D eigenvalue weighted by Gasteiger charge is 2.16. The van der Waals surface area contributed by atoms with E-state index in [0.29, 0.717) is 24.8 Å². The van der Waals surface area contributed by atoms with Crippen LogP contribution in [0.3, 0.4) is 0 Å². The van der Waals surface area contributed by atoms with Crippen LogP contribution in [0.15, 0.2) is 52.6 Å². The Labute approximate surface area is 161 Å². The van der Waals surface area contributed by atoms with E-state index in [0.717, 1.165) is 27.2 Å². The number of aromatic nitrogens is 2. The molecular weight excluding hydrogens is 356 g/mol. The molecule has 0 atom stereocenters. The molecule has 0 bridgehead atoms. The monoisotopic (exact) mass is 376 g/mol. The van der Waals surface area contributed by atoms with E-state index in [1.165, 1.54) is 16.7 Å². The Balaban J connectivity index is 1.92. The van der Waals surface area contributed by atoms with Crippen LogP contribution < -0.4 is 5.56 Å². The van der Waals surface area contributed by atoms with Crippen LogP contribution in [0.4, 0.5) is 0 Å². The highest BCUT2D eigenvalue weighted by Crippen LogP contribution is 2.32. The first-order valence-corrected chi connectivity index (χ1v) is 9.96. The summed E-state index contributed by atoms with van der Waals surface area (Å²) in [5, 5.41) is 4.98. The standard InChI is InChI=1S/C22H20N2O2S/c1-3-19-23-21-20(22(26)24(19)11-10-14(2)25)18(13-27-21)17-9-8-15-6-4-5-7-16(15)12-17/h4-9,12-13H,3,10-11H2,1-2H3. The van der Waals surface area contributed by atoms with Gasteiger partial charge in [0.1, 0.15) is 16.4 Å². The van der Waals surface area contributed by atoms with Crippen molar-refractivity contribution in [3.05, 3.63) is 64.0 Å². The van der Waals surface area contributed by atoms with Crippen LogP contribution in [0.5, 0.6) is 0 Å². The quantitative estimate of drug-likeness (QED) is 0.502. The number of fused-ring (bicyclic) bond motifs is 2. The summed E-state index contributed by atoms with van der Waals surface area (Å²) < 4.78 is 1.67. The minimum atomic E-state index is -0.0532. The Hall–Kier alpha value is -2.79. The Morgan fingerprint density at radius 3 is 2.67 bits per heavy atom. The van der Waals surface area contributed by atoms with Gasteiger partial charge >= 0.3 is 0 Å². The molecule has 2 aromatic carbocycles. The van der Waals surface area contributed by atoms with Crippen LogP contribution in [0.1, 0.15) is 26.1 Å². The van der Waals surface area contributed by atoms with E-state index < -0.39 is 0 Å². The van der Waals surface area contributed by atoms with Crippen molar-refractivity contribution >= 4 is 38.1 Å². The average molecular weight is 376 g/mol. The van der Waals surface area contributed by atoms with E-state index in [2.05, 4.69) is 30.3 Å². The summed E-state index contributed by atoms with van der Waals surface area (Å²) in [5.74, 6) is 0.810. The molecule has 4 aromatic rings. The summed E-state index contributed by atoms with van der Waals surface area (Å²) in [7, 11) is 0. The van der Waals surface area contributed by atoms with Crippen LogP contribution in [0, 0.1) is 0 Å². The summed E-state index contributed by atoms with van der Waals surface area (Å²) in [4.78, 5) is 30.2. The van der Waals surface area contributed by atoms with Gasteiger partial charge in [0.2, 0.25) is 0 Å². The third-order valence-corrected chi connectivity index (χ3v) is 5.71. The highest BCUT2D eigenvalue weighted by molar-refractivity contribution is 7.17. The third-order valence-electron chi connectivity index (χ3n) is 4.84. The molecule has 0 aliphatic carbocycles. The van der Waals surface area contributed by atoms with Crippen molar-refractivity contribution in [1.29, 1.82) is 0 Å². The summed E-state index contributed by atoms with van der Waals surface area (Å²) in [6.45, 7) is 3.91. The topological polar surface area (TPSA) is 52.0 Å². The first-order chi connectivity index (χ1) is 13.1. The van der Waals surface area contributed by atoms with Gasteiger partial charge in [-0.3, -0.25) is 14.2 Å². The molecule has 0 radical (unpaired) electrons. The number of aryl methyl sites for hydroxylation is 1. The van der Waals surface area contributed by atoms with Crippen LogP contribution in [-0.4, -0.2) is 15.3 Å². The SMILES string of the molecule is CCc1nc2scc(-c3ccc4ccccc4c3)c2c(=O)n1CCC(C)=O. The molecule has 0 spiro atoms. The number of carbonyl (C=O) groups is 1. The van der Waals surface area contributed by atoms with Crippen molar-refractivity contribution in [1.82, 2.24) is 9.55 Å². The fourth-order valence-corrected chi connectivity index (χ4v) is 4.36. The molecule has 2 aromatic heterocycles. The fourth-order valence-electron chi connectivity index (χ4n) is 3.41. The van der Waals surface area contributed by atoms with Gasteiger partial charge in [0.25, 0.3) is 5.56 Å². The maximum absolute atomic E-state index is 13.3. The third kappa shape index (κ3) is 3.19. The molecule has 0 fully saturated rings. The van der Waals surface area contributed by atoms with Crippen molar-refractivity contribution < 1.29 is 4.79 Å². The lowest BCUT2D eigenvalue weighted by Crippen LogP contribution is -2.25. The number of rotatable bonds is 5. The minimum Gasteiger partial charge on any atom is -0.300 e. The van der Waals surface area contributed by atoms with E-state index in [9.17, 15) is 9.59 Å². The van der Waals surface area contributed by atoms with Gasteiger partial charge < -0.3 is 0 Å². The molecule has 4 rings (SSSR count). The second-order valence-electron chi connectivity index (χ2n) is 6.68. The van der Waals surface area contributed by atoms with Gasteiger partial charge in [-0.15, -0.1) is 11.3 Å². The molecule has 0 saturated heterocycles. The van der Waals surface area contributed by atoms with Gasteiger partial charge in [0.05, 0.1) is 5.39 Å². The van der Waals surface area contributed by atoms with E-state index >= 15 is 0 Å². The Kier molecular flexibility index (Phi) is 4.62. The molecular formula is C22H20N2O2S. The van der Waals surface area contributed by atoms with Gasteiger partial charge in [-0.2, -0.15) is 0 Å². The normalized spacial score (nSPS) is 11.3. The molecule has 0 aliphatic heterocycles. The lowest BCUT2D eigenvalue weighted by atomic mass is 10.0. The molecule has 0 amide bonds. The van der Waals surface area contributed by atoms with Gasteiger partial charge in [0.15, 0.2) is 0 Å². The number of Topliss-reactive ketones (excluding diaryl/α,β-unsaturated/α-hetero) is 1. The Bertz CT molecular complexity index is 1220. The maximum Gasteiger partial charge on any atom is 0.262 e. The number of nitrogens with zero attached hydrogens (tertiary/aromatic N) is 2. The molecule has 136 valence electrons. The van der Waals surface area contributed by atoms with Crippen molar-refractivity contribution in [3.8, 4) is 11.1 Å². The summed E-state index contributed by atoms with van der Waals surface area (Å²) in [5.41, 5.74) is 1.88.